The molecule has 0 bridgehead atoms. The van der Waals surface area contributed by atoms with Crippen molar-refractivity contribution in [2.45, 2.75) is 26.2 Å². The number of hydrogen-bond donors (Lipinski definition) is 3. The molecule has 4 N–H and O–H groups in total. The lowest BCUT2D eigenvalue weighted by molar-refractivity contribution is 0.102. The molecule has 0 saturated carbocycles. The standard InChI is InChI=1S/C17H20N2O2/c1-17(2,3)12-5-7-13(8-6-12)19-16(21)11-4-9-14(18)15(20)10-11/h4-10,20H,18H2,1-3H3,(H,19,21). The van der Waals surface area contributed by atoms with Crippen LogP contribution in [0.2, 0.25) is 0 Å². The number of anilines is 2. The molecule has 0 atom stereocenters. The van der Waals surface area contributed by atoms with Gasteiger partial charge in [-0.05, 0) is 41.3 Å². The Labute approximate surface area is 124 Å². The average molecular weight is 284 g/mol. The first-order valence-electron chi connectivity index (χ1n) is 6.78. The first-order valence-corrected chi connectivity index (χ1v) is 6.78. The first kappa shape index (κ1) is 14.9. The van der Waals surface area contributed by atoms with Crippen LogP contribution < -0.4 is 11.1 Å². The van der Waals surface area contributed by atoms with Crippen molar-refractivity contribution in [3.63, 3.8) is 0 Å². The number of rotatable bonds is 2. The highest BCUT2D eigenvalue weighted by atomic mass is 16.3. The molecular weight excluding hydrogens is 264 g/mol. The molecule has 0 saturated heterocycles. The Morgan fingerprint density at radius 3 is 2.24 bits per heavy atom. The van der Waals surface area contributed by atoms with Gasteiger partial charge in [-0.3, -0.25) is 4.79 Å². The molecule has 2 rings (SSSR count). The third-order valence-electron chi connectivity index (χ3n) is 3.30. The molecule has 0 heterocycles. The molecule has 110 valence electrons. The van der Waals surface area contributed by atoms with Crippen LogP contribution in [0.5, 0.6) is 5.75 Å². The van der Waals surface area contributed by atoms with Crippen molar-refractivity contribution >= 4 is 17.3 Å². The van der Waals surface area contributed by atoms with Gasteiger partial charge in [-0.1, -0.05) is 32.9 Å². The van der Waals surface area contributed by atoms with Gasteiger partial charge in [0.1, 0.15) is 5.75 Å². The number of aromatic hydroxyl groups is 1. The SMILES string of the molecule is CC(C)(C)c1ccc(NC(=O)c2ccc(N)c(O)c2)cc1. The highest BCUT2D eigenvalue weighted by Crippen LogP contribution is 2.24. The molecule has 21 heavy (non-hydrogen) atoms. The fourth-order valence-electron chi connectivity index (χ4n) is 1.94. The third-order valence-corrected chi connectivity index (χ3v) is 3.30. The summed E-state index contributed by atoms with van der Waals surface area (Å²) < 4.78 is 0. The number of nitrogens with one attached hydrogen (secondary N) is 1. The van der Waals surface area contributed by atoms with Crippen LogP contribution in [0.1, 0.15) is 36.7 Å². The Kier molecular flexibility index (Phi) is 3.89. The summed E-state index contributed by atoms with van der Waals surface area (Å²) in [5.41, 5.74) is 8.12. The summed E-state index contributed by atoms with van der Waals surface area (Å²) in [4.78, 5) is 12.1. The number of carbonyl (C=O) groups excluding carboxylic acids is 1. The van der Waals surface area contributed by atoms with Gasteiger partial charge in [-0.15, -0.1) is 0 Å². The second-order valence-electron chi connectivity index (χ2n) is 6.06. The molecule has 0 radical (unpaired) electrons. The summed E-state index contributed by atoms with van der Waals surface area (Å²) in [6, 6.07) is 12.2. The van der Waals surface area contributed by atoms with Crippen LogP contribution in [0.15, 0.2) is 42.5 Å². The second-order valence-corrected chi connectivity index (χ2v) is 6.06. The number of phenolic OH excluding ortho intramolecular Hbond substituents is 1. The maximum Gasteiger partial charge on any atom is 0.255 e. The van der Waals surface area contributed by atoms with Crippen LogP contribution in [-0.2, 0) is 5.41 Å². The van der Waals surface area contributed by atoms with Gasteiger partial charge in [0.15, 0.2) is 0 Å². The van der Waals surface area contributed by atoms with E-state index in [1.807, 2.05) is 24.3 Å². The normalized spacial score (nSPS) is 11.2. The van der Waals surface area contributed by atoms with Crippen molar-refractivity contribution in [2.24, 2.45) is 0 Å². The first-order chi connectivity index (χ1) is 9.77. The Morgan fingerprint density at radius 1 is 1.10 bits per heavy atom. The van der Waals surface area contributed by atoms with Crippen molar-refractivity contribution in [3.05, 3.63) is 53.6 Å². The van der Waals surface area contributed by atoms with Crippen LogP contribution in [0, 0.1) is 0 Å². The largest absolute Gasteiger partial charge is 0.506 e. The minimum absolute atomic E-state index is 0.0747. The molecule has 0 fully saturated rings. The van der Waals surface area contributed by atoms with Crippen LogP contribution in [0.3, 0.4) is 0 Å². The summed E-state index contributed by atoms with van der Waals surface area (Å²) >= 11 is 0. The number of nitrogens with two attached hydrogens (primary N) is 1. The fourth-order valence-corrected chi connectivity index (χ4v) is 1.94. The van der Waals surface area contributed by atoms with Crippen LogP contribution in [0.4, 0.5) is 11.4 Å². The zero-order valence-electron chi connectivity index (χ0n) is 12.5. The minimum Gasteiger partial charge on any atom is -0.506 e. The van der Waals surface area contributed by atoms with Gasteiger partial charge in [0.25, 0.3) is 5.91 Å². The fraction of sp³-hybridized carbons (Fsp3) is 0.235. The minimum atomic E-state index is -0.284. The highest BCUT2D eigenvalue weighted by Gasteiger charge is 2.13. The molecule has 0 aliphatic carbocycles. The van der Waals surface area contributed by atoms with E-state index in [0.717, 1.165) is 0 Å². The number of phenols is 1. The van der Waals surface area contributed by atoms with E-state index in [9.17, 15) is 9.90 Å². The summed E-state index contributed by atoms with van der Waals surface area (Å²) in [6.45, 7) is 6.41. The number of benzene rings is 2. The van der Waals surface area contributed by atoms with Crippen LogP contribution in [-0.4, -0.2) is 11.0 Å². The monoisotopic (exact) mass is 284 g/mol. The molecule has 0 aromatic heterocycles. The van der Waals surface area contributed by atoms with Crippen molar-refractivity contribution in [3.8, 4) is 5.75 Å². The molecule has 0 spiro atoms. The second kappa shape index (κ2) is 5.48. The maximum absolute atomic E-state index is 12.1. The topological polar surface area (TPSA) is 75.4 Å². The van der Waals surface area contributed by atoms with Gasteiger partial charge < -0.3 is 16.2 Å². The molecule has 0 aliphatic heterocycles. The van der Waals surface area contributed by atoms with E-state index >= 15 is 0 Å². The van der Waals surface area contributed by atoms with Gasteiger partial charge in [0.05, 0.1) is 5.69 Å². The number of amides is 1. The van der Waals surface area contributed by atoms with Gasteiger partial charge in [0.2, 0.25) is 0 Å². The number of hydrogen-bond acceptors (Lipinski definition) is 3. The number of nitrogen functional groups attached to an aromatic ring is 1. The van der Waals surface area contributed by atoms with Gasteiger partial charge in [-0.25, -0.2) is 0 Å². The van der Waals surface area contributed by atoms with Crippen molar-refractivity contribution in [1.29, 1.82) is 0 Å². The van der Waals surface area contributed by atoms with Crippen molar-refractivity contribution in [2.75, 3.05) is 11.1 Å². The van der Waals surface area contributed by atoms with Gasteiger partial charge >= 0.3 is 0 Å². The maximum atomic E-state index is 12.1. The molecule has 2 aromatic rings. The van der Waals surface area contributed by atoms with Crippen LogP contribution in [0.25, 0.3) is 0 Å². The summed E-state index contributed by atoms with van der Waals surface area (Å²) in [5, 5.41) is 12.3. The lowest BCUT2D eigenvalue weighted by Crippen LogP contribution is -2.13. The molecule has 2 aromatic carbocycles. The van der Waals surface area contributed by atoms with Crippen molar-refractivity contribution < 1.29 is 9.90 Å². The predicted molar refractivity (Wildman–Crippen MR) is 85.6 cm³/mol. The smallest absolute Gasteiger partial charge is 0.255 e. The summed E-state index contributed by atoms with van der Waals surface area (Å²) in [7, 11) is 0. The zero-order chi connectivity index (χ0) is 15.6. The van der Waals surface area contributed by atoms with Gasteiger partial charge in [-0.2, -0.15) is 0 Å². The van der Waals surface area contributed by atoms with Crippen molar-refractivity contribution in [1.82, 2.24) is 0 Å². The molecule has 0 unspecified atom stereocenters. The van der Waals surface area contributed by atoms with E-state index < -0.39 is 0 Å². The Balaban J connectivity index is 2.14. The molecule has 1 amide bonds. The van der Waals surface area contributed by atoms with E-state index in [-0.39, 0.29) is 22.8 Å². The predicted octanol–water partition coefficient (Wildman–Crippen LogP) is 3.52. The number of carbonyl (C=O) groups is 1. The van der Waals surface area contributed by atoms with Gasteiger partial charge in [0, 0.05) is 11.3 Å². The van der Waals surface area contributed by atoms with Crippen LogP contribution >= 0.6 is 0 Å². The molecule has 4 heteroatoms. The lowest BCUT2D eigenvalue weighted by Gasteiger charge is -2.19. The highest BCUT2D eigenvalue weighted by molar-refractivity contribution is 6.04. The van der Waals surface area contributed by atoms with E-state index in [1.54, 1.807) is 6.07 Å². The Bertz CT molecular complexity index is 655. The quantitative estimate of drug-likeness (QED) is 0.583. The summed E-state index contributed by atoms with van der Waals surface area (Å²) in [5.74, 6) is -0.375. The van der Waals surface area contributed by atoms with E-state index in [1.165, 1.54) is 17.7 Å². The zero-order valence-corrected chi connectivity index (χ0v) is 12.5. The average Bonchev–Trinajstić information content (AvgIpc) is 2.41. The Morgan fingerprint density at radius 2 is 1.71 bits per heavy atom. The lowest BCUT2D eigenvalue weighted by atomic mass is 9.87. The summed E-state index contributed by atoms with van der Waals surface area (Å²) in [6.07, 6.45) is 0. The molecule has 4 nitrogen and oxygen atoms in total. The van der Waals surface area contributed by atoms with E-state index in [4.69, 9.17) is 5.73 Å². The molecule has 0 aliphatic rings. The third kappa shape index (κ3) is 3.54. The van der Waals surface area contributed by atoms with E-state index in [2.05, 4.69) is 26.1 Å². The Hall–Kier alpha value is -2.49. The van der Waals surface area contributed by atoms with E-state index in [0.29, 0.717) is 11.3 Å². The molecular formula is C17H20N2O2.